The molecule has 138 valence electrons. The van der Waals surface area contributed by atoms with Gasteiger partial charge in [-0.15, -0.1) is 0 Å². The van der Waals surface area contributed by atoms with Gasteiger partial charge in [-0.3, -0.25) is 4.79 Å². The number of hydrogen-bond acceptors (Lipinski definition) is 5. The van der Waals surface area contributed by atoms with Gasteiger partial charge in [-0.1, -0.05) is 6.07 Å². The minimum Gasteiger partial charge on any atom is -0.497 e. The Bertz CT molecular complexity index is 927. The minimum atomic E-state index is -3.67. The van der Waals surface area contributed by atoms with Gasteiger partial charge in [0.2, 0.25) is 15.9 Å². The van der Waals surface area contributed by atoms with E-state index in [4.69, 9.17) is 9.47 Å². The average molecular weight is 376 g/mol. The molecule has 1 heterocycles. The van der Waals surface area contributed by atoms with Crippen molar-refractivity contribution in [3.05, 3.63) is 48.0 Å². The first kappa shape index (κ1) is 18.2. The summed E-state index contributed by atoms with van der Waals surface area (Å²) in [5, 5.41) is 0. The Morgan fingerprint density at radius 2 is 1.92 bits per heavy atom. The number of sulfonamides is 1. The minimum absolute atomic E-state index is 0.0470. The molecule has 1 aliphatic heterocycles. The van der Waals surface area contributed by atoms with Gasteiger partial charge in [0.15, 0.2) is 0 Å². The Balaban J connectivity index is 1.59. The van der Waals surface area contributed by atoms with E-state index < -0.39 is 10.0 Å². The molecule has 0 saturated carbocycles. The van der Waals surface area contributed by atoms with Crippen LogP contribution in [-0.2, 0) is 21.2 Å². The molecule has 2 aromatic rings. The maximum Gasteiger partial charge on any atom is 0.240 e. The highest BCUT2D eigenvalue weighted by Gasteiger charge is 2.26. The van der Waals surface area contributed by atoms with Crippen LogP contribution < -0.4 is 19.1 Å². The Morgan fingerprint density at radius 3 is 2.69 bits per heavy atom. The number of carbonyl (C=O) groups is 1. The first-order valence-electron chi connectivity index (χ1n) is 8.07. The van der Waals surface area contributed by atoms with E-state index in [1.54, 1.807) is 50.6 Å². The summed E-state index contributed by atoms with van der Waals surface area (Å²) in [6.45, 7) is 0.300. The number of nitrogens with zero attached hydrogens (tertiary/aromatic N) is 1. The van der Waals surface area contributed by atoms with Crippen molar-refractivity contribution < 1.29 is 22.7 Å². The summed E-state index contributed by atoms with van der Waals surface area (Å²) >= 11 is 0. The number of fused-ring (bicyclic) bond motifs is 1. The maximum atomic E-state index is 12.4. The predicted octanol–water partition coefficient (Wildman–Crippen LogP) is 1.57. The molecule has 0 fully saturated rings. The molecule has 3 rings (SSSR count). The number of carbonyl (C=O) groups excluding carboxylic acids is 1. The molecule has 0 unspecified atom stereocenters. The predicted molar refractivity (Wildman–Crippen MR) is 97.2 cm³/mol. The summed E-state index contributed by atoms with van der Waals surface area (Å²) in [5.41, 5.74) is 1.46. The zero-order valence-electron chi connectivity index (χ0n) is 14.6. The highest BCUT2D eigenvalue weighted by atomic mass is 32.2. The monoisotopic (exact) mass is 376 g/mol. The molecule has 8 heteroatoms. The third kappa shape index (κ3) is 3.81. The van der Waals surface area contributed by atoms with Crippen molar-refractivity contribution in [2.75, 3.05) is 32.2 Å². The van der Waals surface area contributed by atoms with Crippen LogP contribution in [0, 0.1) is 0 Å². The first-order valence-corrected chi connectivity index (χ1v) is 9.55. The van der Waals surface area contributed by atoms with E-state index in [2.05, 4.69) is 4.72 Å². The Hall–Kier alpha value is -2.58. The van der Waals surface area contributed by atoms with Gasteiger partial charge in [-0.05, 0) is 35.9 Å². The van der Waals surface area contributed by atoms with E-state index in [9.17, 15) is 13.2 Å². The zero-order chi connectivity index (χ0) is 18.7. The largest absolute Gasteiger partial charge is 0.497 e. The molecule has 0 saturated heterocycles. The van der Waals surface area contributed by atoms with Crippen molar-refractivity contribution in [2.24, 2.45) is 0 Å². The molecule has 1 aliphatic rings. The highest BCUT2D eigenvalue weighted by molar-refractivity contribution is 7.89. The summed E-state index contributed by atoms with van der Waals surface area (Å²) in [6, 6.07) is 11.8. The van der Waals surface area contributed by atoms with Crippen LogP contribution in [0.3, 0.4) is 0 Å². The lowest BCUT2D eigenvalue weighted by molar-refractivity contribution is -0.117. The van der Waals surface area contributed by atoms with Crippen molar-refractivity contribution in [1.29, 1.82) is 0 Å². The van der Waals surface area contributed by atoms with Crippen LogP contribution in [0.25, 0.3) is 0 Å². The van der Waals surface area contributed by atoms with Gasteiger partial charge in [0.25, 0.3) is 0 Å². The second kappa shape index (κ2) is 7.35. The summed E-state index contributed by atoms with van der Waals surface area (Å²) in [4.78, 5) is 13.4. The van der Waals surface area contributed by atoms with Crippen LogP contribution in [0.2, 0.25) is 0 Å². The van der Waals surface area contributed by atoms with Crippen LogP contribution in [0.5, 0.6) is 11.5 Å². The number of benzene rings is 2. The fourth-order valence-electron chi connectivity index (χ4n) is 2.73. The molecule has 0 aliphatic carbocycles. The van der Waals surface area contributed by atoms with Gasteiger partial charge in [0.05, 0.1) is 18.4 Å². The van der Waals surface area contributed by atoms with Crippen molar-refractivity contribution in [3.8, 4) is 11.5 Å². The second-order valence-corrected chi connectivity index (χ2v) is 7.61. The standard InChI is InChI=1S/C18H20N2O5S/c1-20-17-7-6-16(10-13(17)11-18(20)21)26(22,23)19-8-9-25-15-5-3-4-14(12-15)24-2/h3-7,10,12,19H,8-9,11H2,1-2H3. The molecule has 0 spiro atoms. The topological polar surface area (TPSA) is 84.9 Å². The number of anilines is 1. The molecule has 1 N–H and O–H groups in total. The van der Waals surface area contributed by atoms with Crippen LogP contribution in [0.15, 0.2) is 47.4 Å². The Morgan fingerprint density at radius 1 is 1.15 bits per heavy atom. The fraction of sp³-hybridized carbons (Fsp3) is 0.278. The van der Waals surface area contributed by atoms with Crippen molar-refractivity contribution in [1.82, 2.24) is 4.72 Å². The first-order chi connectivity index (χ1) is 12.4. The molecule has 0 aromatic heterocycles. The highest BCUT2D eigenvalue weighted by Crippen LogP contribution is 2.29. The molecule has 0 bridgehead atoms. The fourth-order valence-corrected chi connectivity index (χ4v) is 3.80. The van der Waals surface area contributed by atoms with Crippen molar-refractivity contribution >= 4 is 21.6 Å². The Labute approximate surface area is 152 Å². The van der Waals surface area contributed by atoms with Gasteiger partial charge in [-0.25, -0.2) is 13.1 Å². The van der Waals surface area contributed by atoms with Crippen molar-refractivity contribution in [3.63, 3.8) is 0 Å². The lowest BCUT2D eigenvalue weighted by Gasteiger charge is -2.12. The third-order valence-electron chi connectivity index (χ3n) is 4.14. The zero-order valence-corrected chi connectivity index (χ0v) is 15.4. The van der Waals surface area contributed by atoms with Gasteiger partial charge >= 0.3 is 0 Å². The quantitative estimate of drug-likeness (QED) is 0.742. The SMILES string of the molecule is COc1cccc(OCCNS(=O)(=O)c2ccc3c(c2)CC(=O)N3C)c1. The molecule has 26 heavy (non-hydrogen) atoms. The van der Waals surface area contributed by atoms with Crippen molar-refractivity contribution in [2.45, 2.75) is 11.3 Å². The lowest BCUT2D eigenvalue weighted by atomic mass is 10.2. The van der Waals surface area contributed by atoms with Gasteiger partial charge in [0.1, 0.15) is 18.1 Å². The van der Waals surface area contributed by atoms with Crippen LogP contribution >= 0.6 is 0 Å². The number of nitrogens with one attached hydrogen (secondary N) is 1. The van der Waals surface area contributed by atoms with E-state index in [0.29, 0.717) is 17.1 Å². The summed E-state index contributed by atoms with van der Waals surface area (Å²) in [5.74, 6) is 1.22. The number of likely N-dealkylation sites (N-methyl/N-ethyl adjacent to an activating group) is 1. The number of amides is 1. The Kier molecular flexibility index (Phi) is 5.15. The van der Waals surface area contributed by atoms with E-state index >= 15 is 0 Å². The van der Waals surface area contributed by atoms with Gasteiger partial charge in [-0.2, -0.15) is 0 Å². The lowest BCUT2D eigenvalue weighted by Crippen LogP contribution is -2.28. The number of methoxy groups -OCH3 is 1. The van der Waals surface area contributed by atoms with Crippen LogP contribution in [0.4, 0.5) is 5.69 Å². The summed E-state index contributed by atoms with van der Waals surface area (Å²) in [7, 11) is -0.427. The number of hydrogen-bond donors (Lipinski definition) is 1. The molecule has 7 nitrogen and oxygen atoms in total. The van der Waals surface area contributed by atoms with Gasteiger partial charge in [0, 0.05) is 25.3 Å². The molecular formula is C18H20N2O5S. The molecule has 0 atom stereocenters. The molecule has 2 aromatic carbocycles. The number of ether oxygens (including phenoxy) is 2. The van der Waals surface area contributed by atoms with E-state index in [1.807, 2.05) is 0 Å². The van der Waals surface area contributed by atoms with E-state index in [0.717, 1.165) is 5.69 Å². The molecule has 0 radical (unpaired) electrons. The smallest absolute Gasteiger partial charge is 0.240 e. The molecule has 1 amide bonds. The maximum absolute atomic E-state index is 12.4. The van der Waals surface area contributed by atoms with Gasteiger partial charge < -0.3 is 14.4 Å². The third-order valence-corrected chi connectivity index (χ3v) is 5.60. The second-order valence-electron chi connectivity index (χ2n) is 5.85. The molecular weight excluding hydrogens is 356 g/mol. The van der Waals surface area contributed by atoms with Crippen LogP contribution in [0.1, 0.15) is 5.56 Å². The van der Waals surface area contributed by atoms with E-state index in [-0.39, 0.29) is 30.4 Å². The average Bonchev–Trinajstić information content (AvgIpc) is 2.92. The summed E-state index contributed by atoms with van der Waals surface area (Å²) in [6.07, 6.45) is 0.216. The number of rotatable bonds is 7. The van der Waals surface area contributed by atoms with E-state index in [1.165, 1.54) is 11.0 Å². The summed E-state index contributed by atoms with van der Waals surface area (Å²) < 4.78 is 38.0. The van der Waals surface area contributed by atoms with Crippen LogP contribution in [-0.4, -0.2) is 41.6 Å². The normalized spacial score (nSPS) is 13.6.